The highest BCUT2D eigenvalue weighted by Gasteiger charge is 2.40. The van der Waals surface area contributed by atoms with Gasteiger partial charge in [-0.3, -0.25) is 14.3 Å². The van der Waals surface area contributed by atoms with Crippen LogP contribution in [-0.2, 0) is 12.0 Å². The van der Waals surface area contributed by atoms with E-state index in [0.717, 1.165) is 16.7 Å². The Morgan fingerprint density at radius 3 is 1.81 bits per heavy atom. The number of carbonyl (C=O) groups excluding carboxylic acids is 1. The number of nitrogens with one attached hydrogen (secondary N) is 1. The first-order valence-corrected chi connectivity index (χ1v) is 11.8. The van der Waals surface area contributed by atoms with Gasteiger partial charge >= 0.3 is 0 Å². The molecule has 0 saturated heterocycles. The number of carbonyl (C=O) groups is 1. The molecule has 2 aromatic heterocycles. The molecule has 0 spiro atoms. The zero-order valence-corrected chi connectivity index (χ0v) is 19.6. The number of halogens is 1. The van der Waals surface area contributed by atoms with Crippen LogP contribution in [0.1, 0.15) is 32.9 Å². The molecule has 178 valence electrons. The molecule has 5 aromatic rings. The van der Waals surface area contributed by atoms with Crippen molar-refractivity contribution in [1.29, 1.82) is 0 Å². The lowest BCUT2D eigenvalue weighted by molar-refractivity contribution is 0.0949. The van der Waals surface area contributed by atoms with Crippen LogP contribution in [0.2, 0.25) is 0 Å². The van der Waals surface area contributed by atoms with Gasteiger partial charge < -0.3 is 5.32 Å². The highest BCUT2D eigenvalue weighted by molar-refractivity contribution is 5.92. The van der Waals surface area contributed by atoms with Gasteiger partial charge in [-0.25, -0.2) is 4.98 Å². The summed E-state index contributed by atoms with van der Waals surface area (Å²) in [6.07, 6.45) is 3.09. The molecular weight excluding hydrogens is 451 g/mol. The number of aromatic nitrogens is 3. The molecule has 0 unspecified atom stereocenters. The summed E-state index contributed by atoms with van der Waals surface area (Å²) in [5, 5.41) is 2.84. The van der Waals surface area contributed by atoms with Crippen molar-refractivity contribution in [2.75, 3.05) is 6.54 Å². The van der Waals surface area contributed by atoms with E-state index in [9.17, 15) is 4.79 Å². The standard InChI is InChI=1S/C30H25FN4O/c31-29-34-26(19-21-33-28(36)27-18-10-11-20-32-27)22-35(29)30(23-12-4-1-5-13-23,24-14-6-2-7-15-24)25-16-8-3-9-17-25/h1-18,20,22H,19,21H2,(H,33,36). The van der Waals surface area contributed by atoms with E-state index in [1.807, 2.05) is 91.0 Å². The van der Waals surface area contributed by atoms with E-state index in [0.29, 0.717) is 24.4 Å². The minimum absolute atomic E-state index is 0.275. The third-order valence-electron chi connectivity index (χ3n) is 6.21. The van der Waals surface area contributed by atoms with Crippen molar-refractivity contribution in [3.05, 3.63) is 156 Å². The molecule has 0 aliphatic heterocycles. The van der Waals surface area contributed by atoms with E-state index in [4.69, 9.17) is 0 Å². The number of benzene rings is 3. The third kappa shape index (κ3) is 4.41. The second-order valence-corrected chi connectivity index (χ2v) is 8.40. The molecule has 5 nitrogen and oxygen atoms in total. The molecule has 1 N–H and O–H groups in total. The second-order valence-electron chi connectivity index (χ2n) is 8.40. The minimum Gasteiger partial charge on any atom is -0.350 e. The molecular formula is C30H25FN4O. The number of hydrogen-bond acceptors (Lipinski definition) is 3. The smallest absolute Gasteiger partial charge is 0.290 e. The van der Waals surface area contributed by atoms with Gasteiger partial charge in [0.1, 0.15) is 11.2 Å². The molecule has 0 aliphatic carbocycles. The summed E-state index contributed by atoms with van der Waals surface area (Å²) in [7, 11) is 0. The Morgan fingerprint density at radius 2 is 1.31 bits per heavy atom. The Hall–Kier alpha value is -4.58. The van der Waals surface area contributed by atoms with E-state index < -0.39 is 11.6 Å². The average Bonchev–Trinajstić information content (AvgIpc) is 3.31. The zero-order valence-electron chi connectivity index (χ0n) is 19.6. The fourth-order valence-electron chi connectivity index (χ4n) is 4.61. The number of pyridine rings is 1. The lowest BCUT2D eigenvalue weighted by Gasteiger charge is -2.37. The van der Waals surface area contributed by atoms with Gasteiger partial charge in [0.15, 0.2) is 0 Å². The molecule has 0 atom stereocenters. The summed E-state index contributed by atoms with van der Waals surface area (Å²) in [6, 6.07) is 34.8. The van der Waals surface area contributed by atoms with Crippen molar-refractivity contribution < 1.29 is 9.18 Å². The Labute approximate surface area is 209 Å². The molecule has 2 heterocycles. The normalized spacial score (nSPS) is 11.2. The first kappa shape index (κ1) is 23.2. The fourth-order valence-corrected chi connectivity index (χ4v) is 4.61. The minimum atomic E-state index is -0.976. The molecule has 36 heavy (non-hydrogen) atoms. The van der Waals surface area contributed by atoms with Crippen LogP contribution in [0.25, 0.3) is 0 Å². The summed E-state index contributed by atoms with van der Waals surface area (Å²) in [4.78, 5) is 20.7. The monoisotopic (exact) mass is 476 g/mol. The molecule has 1 amide bonds. The second kappa shape index (κ2) is 10.4. The maximum Gasteiger partial charge on any atom is 0.290 e. The third-order valence-corrected chi connectivity index (χ3v) is 6.21. The van der Waals surface area contributed by atoms with Crippen LogP contribution in [0.3, 0.4) is 0 Å². The molecule has 0 radical (unpaired) electrons. The van der Waals surface area contributed by atoms with Crippen molar-refractivity contribution in [3.63, 3.8) is 0 Å². The number of amides is 1. The lowest BCUT2D eigenvalue weighted by Crippen LogP contribution is -2.38. The first-order valence-electron chi connectivity index (χ1n) is 11.8. The van der Waals surface area contributed by atoms with Crippen LogP contribution in [-0.4, -0.2) is 27.0 Å². The first-order chi connectivity index (χ1) is 17.7. The van der Waals surface area contributed by atoms with Crippen LogP contribution in [0, 0.1) is 6.08 Å². The average molecular weight is 477 g/mol. The van der Waals surface area contributed by atoms with E-state index in [1.54, 1.807) is 35.2 Å². The summed E-state index contributed by atoms with van der Waals surface area (Å²) >= 11 is 0. The van der Waals surface area contributed by atoms with E-state index in [-0.39, 0.29) is 5.91 Å². The van der Waals surface area contributed by atoms with Crippen LogP contribution in [0.5, 0.6) is 0 Å². The van der Waals surface area contributed by atoms with Crippen LogP contribution >= 0.6 is 0 Å². The maximum absolute atomic E-state index is 15.8. The lowest BCUT2D eigenvalue weighted by atomic mass is 9.76. The van der Waals surface area contributed by atoms with Crippen LogP contribution in [0.15, 0.2) is 122 Å². The van der Waals surface area contributed by atoms with E-state index in [2.05, 4.69) is 15.3 Å². The zero-order chi connectivity index (χ0) is 24.8. The predicted molar refractivity (Wildman–Crippen MR) is 137 cm³/mol. The fraction of sp³-hybridized carbons (Fsp3) is 0.100. The largest absolute Gasteiger partial charge is 0.350 e. The summed E-state index contributed by atoms with van der Waals surface area (Å²) < 4.78 is 17.4. The molecule has 3 aromatic carbocycles. The van der Waals surface area contributed by atoms with Crippen LogP contribution in [0.4, 0.5) is 4.39 Å². The van der Waals surface area contributed by atoms with Gasteiger partial charge in [-0.2, -0.15) is 4.39 Å². The maximum atomic E-state index is 15.8. The summed E-state index contributed by atoms with van der Waals surface area (Å²) in [5.74, 6) is -0.275. The van der Waals surface area contributed by atoms with Crippen molar-refractivity contribution in [1.82, 2.24) is 19.9 Å². The van der Waals surface area contributed by atoms with Gasteiger partial charge in [-0.05, 0) is 28.8 Å². The molecule has 0 saturated carbocycles. The number of nitrogens with zero attached hydrogens (tertiary/aromatic N) is 3. The van der Waals surface area contributed by atoms with Crippen LogP contribution < -0.4 is 5.32 Å². The van der Waals surface area contributed by atoms with Gasteiger partial charge in [-0.15, -0.1) is 0 Å². The molecule has 6 heteroatoms. The van der Waals surface area contributed by atoms with Crippen molar-refractivity contribution >= 4 is 5.91 Å². The Bertz CT molecular complexity index is 1320. The Balaban J connectivity index is 1.55. The Kier molecular flexibility index (Phi) is 6.67. The van der Waals surface area contributed by atoms with Gasteiger partial charge in [0.05, 0.1) is 5.69 Å². The molecule has 0 bridgehead atoms. The van der Waals surface area contributed by atoms with Crippen molar-refractivity contribution in [3.8, 4) is 0 Å². The highest BCUT2D eigenvalue weighted by atomic mass is 19.1. The topological polar surface area (TPSA) is 59.8 Å². The summed E-state index contributed by atoms with van der Waals surface area (Å²) in [5.41, 5.74) is 2.64. The Morgan fingerprint density at radius 1 is 0.778 bits per heavy atom. The number of hydrogen-bond donors (Lipinski definition) is 1. The molecule has 0 aliphatic rings. The SMILES string of the molecule is O=C(NCCc1cn(C(c2ccccc2)(c2ccccc2)c2ccccc2)c(F)n1)c1ccccn1. The van der Waals surface area contributed by atoms with Gasteiger partial charge in [0.2, 0.25) is 0 Å². The van der Waals surface area contributed by atoms with E-state index >= 15 is 4.39 Å². The molecule has 0 fully saturated rings. The van der Waals surface area contributed by atoms with Gasteiger partial charge in [-0.1, -0.05) is 97.1 Å². The quantitative estimate of drug-likeness (QED) is 0.312. The molecule has 5 rings (SSSR count). The summed E-state index contributed by atoms with van der Waals surface area (Å²) in [6.45, 7) is 0.306. The van der Waals surface area contributed by atoms with Gasteiger partial charge in [0, 0.05) is 25.4 Å². The number of imidazole rings is 1. The van der Waals surface area contributed by atoms with Gasteiger partial charge in [0.25, 0.3) is 12.0 Å². The van der Waals surface area contributed by atoms with Crippen molar-refractivity contribution in [2.45, 2.75) is 12.0 Å². The predicted octanol–water partition coefficient (Wildman–Crippen LogP) is 5.23. The highest BCUT2D eigenvalue weighted by Crippen LogP contribution is 2.41. The number of rotatable bonds is 8. The van der Waals surface area contributed by atoms with E-state index in [1.165, 1.54) is 0 Å². The van der Waals surface area contributed by atoms with Crippen molar-refractivity contribution in [2.24, 2.45) is 0 Å².